The molecule has 2 fully saturated rings. The van der Waals surface area contributed by atoms with E-state index in [0.29, 0.717) is 0 Å². The molecule has 0 aromatic heterocycles. The third kappa shape index (κ3) is 4.26. The Morgan fingerprint density at radius 1 is 1.00 bits per heavy atom. The van der Waals surface area contributed by atoms with Crippen LogP contribution in [-0.2, 0) is 0 Å². The van der Waals surface area contributed by atoms with Crippen LogP contribution in [0.5, 0.6) is 0 Å². The first kappa shape index (κ1) is 13.4. The van der Waals surface area contributed by atoms with Crippen LogP contribution in [0, 0.1) is 5.92 Å². The Morgan fingerprint density at radius 3 is 2.53 bits per heavy atom. The van der Waals surface area contributed by atoms with Crippen molar-refractivity contribution >= 4 is 0 Å². The topological polar surface area (TPSA) is 38.0 Å². The lowest BCUT2D eigenvalue weighted by molar-refractivity contribution is 0.268. The highest BCUT2D eigenvalue weighted by atomic mass is 15.0. The standard InChI is InChI=1S/C15H30N2/c1-13-6-5-7-14(9-8-13)17-12-15(16)10-3-2-4-11-15/h13-14,17H,2-12,16H2,1H3. The summed E-state index contributed by atoms with van der Waals surface area (Å²) in [4.78, 5) is 0. The fourth-order valence-corrected chi connectivity index (χ4v) is 3.47. The lowest BCUT2D eigenvalue weighted by atomic mass is 9.82. The number of hydrogen-bond donors (Lipinski definition) is 2. The minimum atomic E-state index is 0.107. The van der Waals surface area contributed by atoms with Crippen molar-refractivity contribution in [3.05, 3.63) is 0 Å². The van der Waals surface area contributed by atoms with Gasteiger partial charge in [-0.15, -0.1) is 0 Å². The van der Waals surface area contributed by atoms with E-state index in [-0.39, 0.29) is 5.54 Å². The molecule has 2 rings (SSSR count). The fourth-order valence-electron chi connectivity index (χ4n) is 3.47. The van der Waals surface area contributed by atoms with Gasteiger partial charge >= 0.3 is 0 Å². The first-order chi connectivity index (χ1) is 8.18. The second kappa shape index (κ2) is 6.19. The summed E-state index contributed by atoms with van der Waals surface area (Å²) in [6.07, 6.45) is 13.4. The van der Waals surface area contributed by atoms with Gasteiger partial charge < -0.3 is 11.1 Å². The molecule has 0 aromatic carbocycles. The maximum absolute atomic E-state index is 6.48. The minimum absolute atomic E-state index is 0.107. The maximum atomic E-state index is 6.48. The van der Waals surface area contributed by atoms with Crippen molar-refractivity contribution in [2.75, 3.05) is 6.54 Å². The van der Waals surface area contributed by atoms with Gasteiger partial charge in [0.1, 0.15) is 0 Å². The van der Waals surface area contributed by atoms with Crippen LogP contribution in [0.15, 0.2) is 0 Å². The zero-order valence-electron chi connectivity index (χ0n) is 11.5. The van der Waals surface area contributed by atoms with Crippen LogP contribution in [0.2, 0.25) is 0 Å². The van der Waals surface area contributed by atoms with E-state index in [0.717, 1.165) is 18.5 Å². The smallest absolute Gasteiger partial charge is 0.0280 e. The van der Waals surface area contributed by atoms with Crippen LogP contribution in [0.4, 0.5) is 0 Å². The maximum Gasteiger partial charge on any atom is 0.0280 e. The summed E-state index contributed by atoms with van der Waals surface area (Å²) >= 11 is 0. The molecule has 0 heterocycles. The Morgan fingerprint density at radius 2 is 1.76 bits per heavy atom. The van der Waals surface area contributed by atoms with Crippen molar-refractivity contribution in [1.82, 2.24) is 5.32 Å². The predicted octanol–water partition coefficient (Wildman–Crippen LogP) is 3.21. The Kier molecular flexibility index (Phi) is 4.87. The van der Waals surface area contributed by atoms with Crippen LogP contribution >= 0.6 is 0 Å². The zero-order chi connectivity index (χ0) is 12.1. The van der Waals surface area contributed by atoms with E-state index in [1.165, 1.54) is 64.2 Å². The molecule has 0 spiro atoms. The molecule has 100 valence electrons. The summed E-state index contributed by atoms with van der Waals surface area (Å²) in [5, 5.41) is 3.77. The molecule has 2 saturated carbocycles. The Bertz CT molecular complexity index is 221. The highest BCUT2D eigenvalue weighted by Crippen LogP contribution is 2.27. The van der Waals surface area contributed by atoms with E-state index in [1.807, 2.05) is 0 Å². The van der Waals surface area contributed by atoms with Crippen molar-refractivity contribution < 1.29 is 0 Å². The Balaban J connectivity index is 1.73. The number of hydrogen-bond acceptors (Lipinski definition) is 2. The molecule has 0 bridgehead atoms. The summed E-state index contributed by atoms with van der Waals surface area (Å²) in [6.45, 7) is 3.44. The minimum Gasteiger partial charge on any atom is -0.324 e. The quantitative estimate of drug-likeness (QED) is 0.741. The van der Waals surface area contributed by atoms with Crippen LogP contribution < -0.4 is 11.1 Å². The molecule has 2 nitrogen and oxygen atoms in total. The molecule has 0 aliphatic heterocycles. The van der Waals surface area contributed by atoms with Gasteiger partial charge in [-0.3, -0.25) is 0 Å². The summed E-state index contributed by atoms with van der Waals surface area (Å²) in [5.74, 6) is 0.934. The molecular formula is C15H30N2. The molecular weight excluding hydrogens is 208 g/mol. The largest absolute Gasteiger partial charge is 0.324 e. The predicted molar refractivity (Wildman–Crippen MR) is 74.0 cm³/mol. The molecule has 2 aliphatic rings. The second-order valence-electron chi connectivity index (χ2n) is 6.61. The number of nitrogens with two attached hydrogens (primary N) is 1. The van der Waals surface area contributed by atoms with Gasteiger partial charge in [0, 0.05) is 18.1 Å². The van der Waals surface area contributed by atoms with Gasteiger partial charge in [-0.05, 0) is 38.0 Å². The summed E-state index contributed by atoms with van der Waals surface area (Å²) < 4.78 is 0. The lowest BCUT2D eigenvalue weighted by Crippen LogP contribution is -2.52. The van der Waals surface area contributed by atoms with E-state index in [1.54, 1.807) is 0 Å². The molecule has 2 unspecified atom stereocenters. The van der Waals surface area contributed by atoms with E-state index in [9.17, 15) is 0 Å². The highest BCUT2D eigenvalue weighted by Gasteiger charge is 2.28. The number of nitrogens with one attached hydrogen (secondary N) is 1. The fraction of sp³-hybridized carbons (Fsp3) is 1.00. The summed E-state index contributed by atoms with van der Waals surface area (Å²) in [6, 6.07) is 0.738. The van der Waals surface area contributed by atoms with Crippen molar-refractivity contribution in [1.29, 1.82) is 0 Å². The zero-order valence-corrected chi connectivity index (χ0v) is 11.5. The highest BCUT2D eigenvalue weighted by molar-refractivity contribution is 4.90. The molecule has 0 amide bonds. The first-order valence-corrected chi connectivity index (χ1v) is 7.70. The van der Waals surface area contributed by atoms with Crippen LogP contribution in [0.3, 0.4) is 0 Å². The van der Waals surface area contributed by atoms with E-state index in [4.69, 9.17) is 5.73 Å². The number of rotatable bonds is 3. The van der Waals surface area contributed by atoms with Crippen molar-refractivity contribution in [3.8, 4) is 0 Å². The third-order valence-corrected chi connectivity index (χ3v) is 4.85. The van der Waals surface area contributed by atoms with Crippen molar-refractivity contribution in [2.24, 2.45) is 11.7 Å². The second-order valence-corrected chi connectivity index (χ2v) is 6.61. The van der Waals surface area contributed by atoms with Gasteiger partial charge in [0.25, 0.3) is 0 Å². The average Bonchev–Trinajstić information content (AvgIpc) is 2.53. The van der Waals surface area contributed by atoms with Crippen molar-refractivity contribution in [2.45, 2.75) is 82.7 Å². The van der Waals surface area contributed by atoms with E-state index < -0.39 is 0 Å². The van der Waals surface area contributed by atoms with Gasteiger partial charge in [0.2, 0.25) is 0 Å². The Hall–Kier alpha value is -0.0800. The first-order valence-electron chi connectivity index (χ1n) is 7.70. The lowest BCUT2D eigenvalue weighted by Gasteiger charge is -2.35. The SMILES string of the molecule is CC1CCCC(NCC2(N)CCCCC2)CC1. The van der Waals surface area contributed by atoms with Crippen LogP contribution in [0.1, 0.15) is 71.1 Å². The molecule has 0 aromatic rings. The van der Waals surface area contributed by atoms with Crippen molar-refractivity contribution in [3.63, 3.8) is 0 Å². The molecule has 2 atom stereocenters. The molecule has 2 aliphatic carbocycles. The van der Waals surface area contributed by atoms with Gasteiger partial charge in [0.05, 0.1) is 0 Å². The van der Waals surface area contributed by atoms with Gasteiger partial charge in [0.15, 0.2) is 0 Å². The van der Waals surface area contributed by atoms with Gasteiger partial charge in [-0.25, -0.2) is 0 Å². The monoisotopic (exact) mass is 238 g/mol. The van der Waals surface area contributed by atoms with E-state index in [2.05, 4.69) is 12.2 Å². The summed E-state index contributed by atoms with van der Waals surface area (Å²) in [7, 11) is 0. The van der Waals surface area contributed by atoms with Crippen LogP contribution in [0.25, 0.3) is 0 Å². The van der Waals surface area contributed by atoms with Gasteiger partial charge in [-0.2, -0.15) is 0 Å². The molecule has 0 saturated heterocycles. The van der Waals surface area contributed by atoms with Gasteiger partial charge in [-0.1, -0.05) is 39.0 Å². The Labute approximate surface area is 107 Å². The molecule has 17 heavy (non-hydrogen) atoms. The van der Waals surface area contributed by atoms with Crippen LogP contribution in [-0.4, -0.2) is 18.1 Å². The third-order valence-electron chi connectivity index (χ3n) is 4.85. The van der Waals surface area contributed by atoms with E-state index >= 15 is 0 Å². The molecule has 2 heteroatoms. The molecule has 3 N–H and O–H groups in total. The normalized spacial score (nSPS) is 34.2. The average molecular weight is 238 g/mol. The summed E-state index contributed by atoms with van der Waals surface area (Å²) in [5.41, 5.74) is 6.59. The molecule has 0 radical (unpaired) electrons.